The van der Waals surface area contributed by atoms with Crippen molar-refractivity contribution in [1.29, 1.82) is 0 Å². The summed E-state index contributed by atoms with van der Waals surface area (Å²) >= 11 is 12.4. The minimum Gasteiger partial charge on any atom is -0.495 e. The van der Waals surface area contributed by atoms with Gasteiger partial charge in [0, 0.05) is 13.1 Å². The summed E-state index contributed by atoms with van der Waals surface area (Å²) < 4.78 is 34.6. The Balaban J connectivity index is 2.10. The molecule has 42 heavy (non-hydrogen) atoms. The van der Waals surface area contributed by atoms with E-state index < -0.39 is 28.5 Å². The lowest BCUT2D eigenvalue weighted by atomic mass is 10.1. The first-order valence-electron chi connectivity index (χ1n) is 13.6. The van der Waals surface area contributed by atoms with Crippen LogP contribution in [0, 0.1) is 12.8 Å². The van der Waals surface area contributed by atoms with E-state index in [1.807, 2.05) is 20.8 Å². The molecule has 0 spiro atoms. The van der Waals surface area contributed by atoms with Gasteiger partial charge in [0.2, 0.25) is 11.8 Å². The Bertz CT molecular complexity index is 1500. The second-order valence-electron chi connectivity index (χ2n) is 10.3. The predicted octanol–water partition coefficient (Wildman–Crippen LogP) is 6.09. The van der Waals surface area contributed by atoms with Crippen LogP contribution in [0.1, 0.15) is 38.3 Å². The second-order valence-corrected chi connectivity index (χ2v) is 13.0. The molecule has 11 heteroatoms. The fourth-order valence-corrected chi connectivity index (χ4v) is 6.11. The lowest BCUT2D eigenvalue weighted by Gasteiger charge is -2.33. The maximum Gasteiger partial charge on any atom is 0.264 e. The first kappa shape index (κ1) is 33.2. The van der Waals surface area contributed by atoms with E-state index in [9.17, 15) is 18.0 Å². The maximum absolute atomic E-state index is 14.2. The lowest BCUT2D eigenvalue weighted by Crippen LogP contribution is -2.52. The molecule has 0 radical (unpaired) electrons. The highest BCUT2D eigenvalue weighted by Crippen LogP contribution is 2.33. The number of hydrogen-bond donors (Lipinski definition) is 1. The van der Waals surface area contributed by atoms with Crippen molar-refractivity contribution in [3.63, 3.8) is 0 Å². The quantitative estimate of drug-likeness (QED) is 0.246. The van der Waals surface area contributed by atoms with Gasteiger partial charge in [-0.15, -0.1) is 0 Å². The molecule has 0 fully saturated rings. The number of ether oxygens (including phenoxy) is 1. The van der Waals surface area contributed by atoms with Crippen LogP contribution in [0.15, 0.2) is 71.6 Å². The number of halogens is 2. The summed E-state index contributed by atoms with van der Waals surface area (Å²) in [5.74, 6) is -0.427. The molecule has 1 atom stereocenters. The molecule has 3 rings (SSSR count). The fourth-order valence-electron chi connectivity index (χ4n) is 4.36. The number of amides is 2. The largest absolute Gasteiger partial charge is 0.495 e. The third kappa shape index (κ3) is 8.18. The molecule has 0 heterocycles. The number of hydrogen-bond acceptors (Lipinski definition) is 5. The van der Waals surface area contributed by atoms with E-state index in [1.54, 1.807) is 61.5 Å². The molecule has 0 aliphatic carbocycles. The van der Waals surface area contributed by atoms with E-state index in [2.05, 4.69) is 5.32 Å². The van der Waals surface area contributed by atoms with E-state index in [4.69, 9.17) is 27.9 Å². The Labute approximate surface area is 258 Å². The molecule has 3 aromatic rings. The Kier molecular flexibility index (Phi) is 11.7. The molecule has 0 unspecified atom stereocenters. The van der Waals surface area contributed by atoms with Crippen LogP contribution < -0.4 is 14.4 Å². The molecule has 226 valence electrons. The number of para-hydroxylation sites is 2. The molecule has 0 aliphatic rings. The third-order valence-corrected chi connectivity index (χ3v) is 9.16. The normalized spacial score (nSPS) is 12.1. The zero-order valence-electron chi connectivity index (χ0n) is 24.4. The standard InChI is InChI=1S/C31H37Cl2N3O5S/c1-6-27(31(38)34-18-21(2)3)35(19-23-13-16-25(32)26(33)17-23)30(37)20-36(28-9-7-8-10-29(28)41-5)42(39,40)24-14-11-22(4)12-15-24/h7-17,21,27H,6,18-20H2,1-5H3,(H,34,38)/t27-/m1/s1. The summed E-state index contributed by atoms with van der Waals surface area (Å²) in [6.07, 6.45) is 0.302. The summed E-state index contributed by atoms with van der Waals surface area (Å²) in [5.41, 5.74) is 1.72. The van der Waals surface area contributed by atoms with Gasteiger partial charge in [-0.05, 0) is 61.2 Å². The van der Waals surface area contributed by atoms with Gasteiger partial charge in [0.1, 0.15) is 18.3 Å². The first-order chi connectivity index (χ1) is 19.9. The molecule has 0 bridgehead atoms. The van der Waals surface area contributed by atoms with E-state index in [1.165, 1.54) is 24.1 Å². The first-order valence-corrected chi connectivity index (χ1v) is 15.8. The van der Waals surface area contributed by atoms with Gasteiger partial charge >= 0.3 is 0 Å². The number of methoxy groups -OCH3 is 1. The van der Waals surface area contributed by atoms with Crippen molar-refractivity contribution in [3.8, 4) is 5.75 Å². The number of carbonyl (C=O) groups excluding carboxylic acids is 2. The van der Waals surface area contributed by atoms with Crippen molar-refractivity contribution in [2.24, 2.45) is 5.92 Å². The molecule has 2 amide bonds. The van der Waals surface area contributed by atoms with Gasteiger partial charge in [0.25, 0.3) is 10.0 Å². The molecule has 0 aromatic heterocycles. The van der Waals surface area contributed by atoms with Gasteiger partial charge in [-0.2, -0.15) is 0 Å². The van der Waals surface area contributed by atoms with Crippen LogP contribution in [0.2, 0.25) is 10.0 Å². The number of aryl methyl sites for hydroxylation is 1. The van der Waals surface area contributed by atoms with Crippen molar-refractivity contribution >= 4 is 50.7 Å². The third-order valence-electron chi connectivity index (χ3n) is 6.65. The van der Waals surface area contributed by atoms with Gasteiger partial charge in [-0.25, -0.2) is 8.42 Å². The zero-order chi connectivity index (χ0) is 31.0. The highest BCUT2D eigenvalue weighted by molar-refractivity contribution is 7.92. The van der Waals surface area contributed by atoms with Crippen LogP contribution in [0.5, 0.6) is 5.75 Å². The molecular formula is C31H37Cl2N3O5S. The van der Waals surface area contributed by atoms with Crippen LogP contribution in [0.3, 0.4) is 0 Å². The van der Waals surface area contributed by atoms with Crippen LogP contribution in [-0.2, 0) is 26.2 Å². The van der Waals surface area contributed by atoms with Gasteiger partial charge < -0.3 is 15.0 Å². The molecule has 1 N–H and O–H groups in total. The number of nitrogens with one attached hydrogen (secondary N) is 1. The van der Waals surface area contributed by atoms with Gasteiger partial charge in [-0.1, -0.05) is 79.9 Å². The molecule has 0 saturated heterocycles. The van der Waals surface area contributed by atoms with E-state index in [0.29, 0.717) is 28.6 Å². The Morgan fingerprint density at radius 3 is 2.24 bits per heavy atom. The summed E-state index contributed by atoms with van der Waals surface area (Å²) in [5, 5.41) is 3.56. The summed E-state index contributed by atoms with van der Waals surface area (Å²) in [6.45, 7) is 7.46. The van der Waals surface area contributed by atoms with Crippen molar-refractivity contribution in [1.82, 2.24) is 10.2 Å². The predicted molar refractivity (Wildman–Crippen MR) is 168 cm³/mol. The minimum absolute atomic E-state index is 0.00761. The molecule has 8 nitrogen and oxygen atoms in total. The van der Waals surface area contributed by atoms with Crippen molar-refractivity contribution < 1.29 is 22.7 Å². The van der Waals surface area contributed by atoms with Crippen molar-refractivity contribution in [2.75, 3.05) is 24.5 Å². The fraction of sp³-hybridized carbons (Fsp3) is 0.355. The molecule has 3 aromatic carbocycles. The van der Waals surface area contributed by atoms with Gasteiger partial charge in [0.05, 0.1) is 27.7 Å². The number of carbonyl (C=O) groups is 2. The summed E-state index contributed by atoms with van der Waals surface area (Å²) in [4.78, 5) is 28.9. The Morgan fingerprint density at radius 2 is 1.64 bits per heavy atom. The van der Waals surface area contributed by atoms with Gasteiger partial charge in [-0.3, -0.25) is 13.9 Å². The SMILES string of the molecule is CC[C@H](C(=O)NCC(C)C)N(Cc1ccc(Cl)c(Cl)c1)C(=O)CN(c1ccccc1OC)S(=O)(=O)c1ccc(C)cc1. The number of nitrogens with zero attached hydrogens (tertiary/aromatic N) is 2. The van der Waals surface area contributed by atoms with Crippen LogP contribution in [0.25, 0.3) is 0 Å². The van der Waals surface area contributed by atoms with Crippen LogP contribution in [-0.4, -0.2) is 51.4 Å². The van der Waals surface area contributed by atoms with E-state index >= 15 is 0 Å². The molecule has 0 aliphatic heterocycles. The molecular weight excluding hydrogens is 597 g/mol. The highest BCUT2D eigenvalue weighted by Gasteiger charge is 2.34. The second kappa shape index (κ2) is 14.8. The topological polar surface area (TPSA) is 96.0 Å². The summed E-state index contributed by atoms with van der Waals surface area (Å²) in [6, 6.07) is 17.1. The zero-order valence-corrected chi connectivity index (χ0v) is 26.8. The summed E-state index contributed by atoms with van der Waals surface area (Å²) in [7, 11) is -2.79. The number of benzene rings is 3. The number of rotatable bonds is 13. The smallest absolute Gasteiger partial charge is 0.264 e. The van der Waals surface area contributed by atoms with Crippen molar-refractivity contribution in [3.05, 3.63) is 87.9 Å². The minimum atomic E-state index is -4.22. The Morgan fingerprint density at radius 1 is 0.976 bits per heavy atom. The van der Waals surface area contributed by atoms with Crippen molar-refractivity contribution in [2.45, 2.75) is 51.6 Å². The molecule has 0 saturated carbocycles. The van der Waals surface area contributed by atoms with Crippen LogP contribution >= 0.6 is 23.2 Å². The van der Waals surface area contributed by atoms with Crippen LogP contribution in [0.4, 0.5) is 5.69 Å². The average Bonchev–Trinajstić information content (AvgIpc) is 2.96. The number of anilines is 1. The Hall–Kier alpha value is -3.27. The maximum atomic E-state index is 14.2. The highest BCUT2D eigenvalue weighted by atomic mass is 35.5. The van der Waals surface area contributed by atoms with Gasteiger partial charge in [0.15, 0.2) is 0 Å². The van der Waals surface area contributed by atoms with E-state index in [0.717, 1.165) is 9.87 Å². The van der Waals surface area contributed by atoms with E-state index in [-0.39, 0.29) is 34.7 Å². The average molecular weight is 635 g/mol. The monoisotopic (exact) mass is 633 g/mol. The number of sulfonamides is 1. The lowest BCUT2D eigenvalue weighted by molar-refractivity contribution is -0.140.